The molecule has 0 aliphatic carbocycles. The topological polar surface area (TPSA) is 108 Å². The SMILES string of the molecule is CCCCCCCCCCC/C=C\CCCCCCCC(=O)NC(COP(=O)([O-])OCC[N+](C)(C)C)C(O)/C=C/CC/C=C/CCCCCCCCCCCC. The summed E-state index contributed by atoms with van der Waals surface area (Å²) in [4.78, 5) is 25.3. The lowest BCUT2D eigenvalue weighted by molar-refractivity contribution is -0.870. The minimum absolute atomic E-state index is 0.00782. The number of carbonyl (C=O) groups is 1. The zero-order valence-corrected chi connectivity index (χ0v) is 38.2. The molecule has 0 aromatic heterocycles. The molecule has 8 nitrogen and oxygen atoms in total. The smallest absolute Gasteiger partial charge is 0.268 e. The predicted molar refractivity (Wildman–Crippen MR) is 238 cm³/mol. The Hall–Kier alpha value is -1.28. The summed E-state index contributed by atoms with van der Waals surface area (Å²) < 4.78 is 23.2. The van der Waals surface area contributed by atoms with Crippen LogP contribution in [-0.2, 0) is 18.4 Å². The number of hydrogen-bond acceptors (Lipinski definition) is 6. The summed E-state index contributed by atoms with van der Waals surface area (Å²) in [6.07, 6.45) is 47.6. The third-order valence-corrected chi connectivity index (χ3v) is 11.3. The van der Waals surface area contributed by atoms with E-state index in [0.717, 1.165) is 51.4 Å². The maximum absolute atomic E-state index is 12.9. The molecule has 0 bridgehead atoms. The quantitative estimate of drug-likeness (QED) is 0.0275. The number of likely N-dealkylation sites (N-methyl/N-ethyl adjacent to an activating group) is 1. The first-order valence-electron chi connectivity index (χ1n) is 23.4. The van der Waals surface area contributed by atoms with Crippen LogP contribution in [0, 0.1) is 0 Å². The van der Waals surface area contributed by atoms with Crippen LogP contribution >= 0.6 is 7.82 Å². The van der Waals surface area contributed by atoms with Gasteiger partial charge in [-0.2, -0.15) is 0 Å². The van der Waals surface area contributed by atoms with Gasteiger partial charge in [-0.1, -0.05) is 179 Å². The Bertz CT molecular complexity index is 1010. The number of nitrogens with zero attached hydrogens (tertiary/aromatic N) is 1. The summed E-state index contributed by atoms with van der Waals surface area (Å²) in [5.74, 6) is -0.216. The van der Waals surface area contributed by atoms with Crippen molar-refractivity contribution in [2.45, 2.75) is 219 Å². The summed E-state index contributed by atoms with van der Waals surface area (Å²) in [5.41, 5.74) is 0. The highest BCUT2D eigenvalue weighted by Gasteiger charge is 2.23. The molecule has 9 heteroatoms. The molecule has 0 heterocycles. The van der Waals surface area contributed by atoms with E-state index in [0.29, 0.717) is 17.4 Å². The number of unbranched alkanes of at least 4 members (excludes halogenated alkanes) is 25. The summed E-state index contributed by atoms with van der Waals surface area (Å²) in [6, 6.07) is -0.905. The lowest BCUT2D eigenvalue weighted by Crippen LogP contribution is -2.45. The van der Waals surface area contributed by atoms with Gasteiger partial charge in [0.15, 0.2) is 0 Å². The van der Waals surface area contributed by atoms with Crippen LogP contribution in [0.25, 0.3) is 0 Å². The Kier molecular flexibility index (Phi) is 38.3. The Morgan fingerprint density at radius 1 is 0.607 bits per heavy atom. The van der Waals surface area contributed by atoms with Crippen molar-refractivity contribution in [3.63, 3.8) is 0 Å². The molecule has 0 aromatic rings. The number of hydrogen-bond donors (Lipinski definition) is 2. The average molecular weight is 811 g/mol. The molecular formula is C47H91N2O6P. The molecule has 0 spiro atoms. The number of nitrogens with one attached hydrogen (secondary N) is 1. The molecule has 1 amide bonds. The van der Waals surface area contributed by atoms with Crippen molar-refractivity contribution < 1.29 is 32.9 Å². The van der Waals surface area contributed by atoms with Crippen molar-refractivity contribution in [2.75, 3.05) is 40.9 Å². The molecule has 0 aliphatic heterocycles. The van der Waals surface area contributed by atoms with Crippen LogP contribution < -0.4 is 10.2 Å². The lowest BCUT2D eigenvalue weighted by Gasteiger charge is -2.29. The normalized spacial score (nSPS) is 14.6. The second-order valence-electron chi connectivity index (χ2n) is 17.1. The fraction of sp³-hybridized carbons (Fsp3) is 0.851. The van der Waals surface area contributed by atoms with Crippen molar-refractivity contribution in [3.05, 3.63) is 36.5 Å². The zero-order chi connectivity index (χ0) is 41.4. The van der Waals surface area contributed by atoms with E-state index in [9.17, 15) is 19.4 Å². The first-order valence-corrected chi connectivity index (χ1v) is 24.8. The Balaban J connectivity index is 4.45. The molecule has 3 atom stereocenters. The van der Waals surface area contributed by atoms with Gasteiger partial charge in [0, 0.05) is 6.42 Å². The van der Waals surface area contributed by atoms with E-state index in [2.05, 4.69) is 43.5 Å². The fourth-order valence-electron chi connectivity index (χ4n) is 6.57. The van der Waals surface area contributed by atoms with Crippen molar-refractivity contribution in [1.82, 2.24) is 5.32 Å². The van der Waals surface area contributed by atoms with Crippen molar-refractivity contribution >= 4 is 13.7 Å². The van der Waals surface area contributed by atoms with Crippen LogP contribution in [0.2, 0.25) is 0 Å². The molecule has 56 heavy (non-hydrogen) atoms. The number of phosphoric ester groups is 1. The first-order chi connectivity index (χ1) is 27.0. The molecule has 0 aromatic carbocycles. The number of aliphatic hydroxyl groups is 1. The number of allylic oxidation sites excluding steroid dienone is 5. The lowest BCUT2D eigenvalue weighted by atomic mass is 10.1. The highest BCUT2D eigenvalue weighted by molar-refractivity contribution is 7.45. The summed E-state index contributed by atoms with van der Waals surface area (Å²) in [6.45, 7) is 4.62. The molecule has 330 valence electrons. The molecule has 0 radical (unpaired) electrons. The fourth-order valence-corrected chi connectivity index (χ4v) is 7.30. The highest BCUT2D eigenvalue weighted by atomic mass is 31.2. The molecule has 2 N–H and O–H groups in total. The number of aliphatic hydroxyl groups excluding tert-OH is 1. The van der Waals surface area contributed by atoms with Gasteiger partial charge in [0.2, 0.25) is 5.91 Å². The number of quaternary nitrogens is 1. The molecule has 3 unspecified atom stereocenters. The highest BCUT2D eigenvalue weighted by Crippen LogP contribution is 2.38. The van der Waals surface area contributed by atoms with E-state index >= 15 is 0 Å². The Morgan fingerprint density at radius 3 is 1.45 bits per heavy atom. The third kappa shape index (κ3) is 40.9. The molecule has 0 rings (SSSR count). The third-order valence-electron chi connectivity index (χ3n) is 10.3. The molecule has 0 saturated carbocycles. The Labute approximate surface area is 347 Å². The van der Waals surface area contributed by atoms with Gasteiger partial charge in [-0.25, -0.2) is 0 Å². The second kappa shape index (κ2) is 39.2. The molecule has 0 fully saturated rings. The molecule has 0 aliphatic rings. The monoisotopic (exact) mass is 811 g/mol. The van der Waals surface area contributed by atoms with Gasteiger partial charge in [-0.15, -0.1) is 0 Å². The average Bonchev–Trinajstić information content (AvgIpc) is 3.15. The predicted octanol–water partition coefficient (Wildman–Crippen LogP) is 12.5. The van der Waals surface area contributed by atoms with E-state index in [4.69, 9.17) is 9.05 Å². The Morgan fingerprint density at radius 2 is 1.00 bits per heavy atom. The summed E-state index contributed by atoms with van der Waals surface area (Å²) in [5, 5.41) is 13.8. The van der Waals surface area contributed by atoms with Crippen LogP contribution in [0.15, 0.2) is 36.5 Å². The zero-order valence-electron chi connectivity index (χ0n) is 37.3. The van der Waals surface area contributed by atoms with E-state index < -0.39 is 26.6 Å². The van der Waals surface area contributed by atoms with Crippen LogP contribution in [0.1, 0.15) is 206 Å². The number of amides is 1. The van der Waals surface area contributed by atoms with Crippen molar-refractivity contribution in [1.29, 1.82) is 0 Å². The number of rotatable bonds is 42. The minimum Gasteiger partial charge on any atom is -0.756 e. The van der Waals surface area contributed by atoms with Gasteiger partial charge < -0.3 is 28.8 Å². The number of carbonyl (C=O) groups excluding carboxylic acids is 1. The van der Waals surface area contributed by atoms with Gasteiger partial charge in [-0.05, 0) is 57.8 Å². The maximum Gasteiger partial charge on any atom is 0.268 e. The molecule has 0 saturated heterocycles. The standard InChI is InChI=1S/C47H91N2O6P/c1-6-8-10-12-14-16-18-20-22-24-25-27-29-31-33-35-37-39-41-47(51)48-45(44-55-56(52,53)54-43-42-49(3,4)5)46(50)40-38-36-34-32-30-28-26-23-21-19-17-15-13-11-9-7-2/h25,27,30,32,38,40,45-46,50H,6-24,26,28-29,31,33-37,39,41-44H2,1-5H3,(H-,48,51,52,53)/b27-25-,32-30+,40-38+. The van der Waals surface area contributed by atoms with Crippen molar-refractivity contribution in [2.24, 2.45) is 0 Å². The van der Waals surface area contributed by atoms with Crippen LogP contribution in [0.4, 0.5) is 0 Å². The van der Waals surface area contributed by atoms with E-state index in [-0.39, 0.29) is 12.5 Å². The molecular weight excluding hydrogens is 719 g/mol. The van der Waals surface area contributed by atoms with Crippen LogP contribution in [0.3, 0.4) is 0 Å². The second-order valence-corrected chi connectivity index (χ2v) is 18.5. The van der Waals surface area contributed by atoms with Gasteiger partial charge in [0.25, 0.3) is 7.82 Å². The maximum atomic E-state index is 12.9. The van der Waals surface area contributed by atoms with Crippen LogP contribution in [0.5, 0.6) is 0 Å². The van der Waals surface area contributed by atoms with Gasteiger partial charge in [0.05, 0.1) is 39.9 Å². The van der Waals surface area contributed by atoms with Gasteiger partial charge in [0.1, 0.15) is 13.2 Å². The van der Waals surface area contributed by atoms with Crippen molar-refractivity contribution in [3.8, 4) is 0 Å². The largest absolute Gasteiger partial charge is 0.756 e. The van der Waals surface area contributed by atoms with Crippen LogP contribution in [-0.4, -0.2) is 68.5 Å². The minimum atomic E-state index is -4.60. The van der Waals surface area contributed by atoms with Gasteiger partial charge >= 0.3 is 0 Å². The summed E-state index contributed by atoms with van der Waals surface area (Å²) in [7, 11) is 1.24. The van der Waals surface area contributed by atoms with E-state index in [1.54, 1.807) is 6.08 Å². The number of phosphoric acid groups is 1. The van der Waals surface area contributed by atoms with Gasteiger partial charge in [-0.3, -0.25) is 9.36 Å². The summed E-state index contributed by atoms with van der Waals surface area (Å²) >= 11 is 0. The first kappa shape index (κ1) is 54.7. The van der Waals surface area contributed by atoms with E-state index in [1.807, 2.05) is 27.2 Å². The van der Waals surface area contributed by atoms with E-state index in [1.165, 1.54) is 135 Å².